The highest BCUT2D eigenvalue weighted by Gasteiger charge is 2.12. The van der Waals surface area contributed by atoms with Gasteiger partial charge in [-0.05, 0) is 37.6 Å². The maximum Gasteiger partial charge on any atom is 0.203 e. The van der Waals surface area contributed by atoms with E-state index in [0.717, 1.165) is 12.1 Å². The van der Waals surface area contributed by atoms with Crippen LogP contribution in [0.4, 0.5) is 0 Å². The monoisotopic (exact) mass is 237 g/mol. The summed E-state index contributed by atoms with van der Waals surface area (Å²) in [5.74, 6) is 1.94. The van der Waals surface area contributed by atoms with Crippen LogP contribution in [0.15, 0.2) is 12.1 Å². The second kappa shape index (κ2) is 7.01. The molecule has 0 spiro atoms. The van der Waals surface area contributed by atoms with Crippen LogP contribution >= 0.6 is 0 Å². The van der Waals surface area contributed by atoms with Crippen LogP contribution in [0.25, 0.3) is 0 Å². The maximum atomic E-state index is 5.42. The fourth-order valence-electron chi connectivity index (χ4n) is 1.57. The van der Waals surface area contributed by atoms with Gasteiger partial charge in [-0.1, -0.05) is 0 Å². The molecule has 0 unspecified atom stereocenters. The first kappa shape index (κ1) is 13.6. The van der Waals surface area contributed by atoms with Crippen LogP contribution in [-0.4, -0.2) is 27.9 Å². The summed E-state index contributed by atoms with van der Waals surface area (Å²) >= 11 is 0. The van der Waals surface area contributed by atoms with E-state index in [4.69, 9.17) is 21.1 Å². The summed E-state index contributed by atoms with van der Waals surface area (Å²) < 4.78 is 15.8. The van der Waals surface area contributed by atoms with Crippen molar-refractivity contribution in [1.29, 1.82) is 0 Å². The molecule has 94 valence electrons. The summed E-state index contributed by atoms with van der Waals surface area (Å²) in [5, 5.41) is 3.21. The first-order chi connectivity index (χ1) is 8.26. The number of nitrogens with one attached hydrogen (secondary N) is 1. The van der Waals surface area contributed by atoms with E-state index in [9.17, 15) is 0 Å². The SMILES string of the molecule is [CH]CCNCc1cc(OC)c(OC)c(OC)c1. The van der Waals surface area contributed by atoms with Crippen molar-refractivity contribution < 1.29 is 14.2 Å². The summed E-state index contributed by atoms with van der Waals surface area (Å²) in [5.41, 5.74) is 1.06. The number of benzene rings is 1. The van der Waals surface area contributed by atoms with Crippen LogP contribution in [0, 0.1) is 6.92 Å². The molecule has 0 saturated carbocycles. The van der Waals surface area contributed by atoms with Gasteiger partial charge in [-0.25, -0.2) is 0 Å². The predicted octanol–water partition coefficient (Wildman–Crippen LogP) is 1.90. The lowest BCUT2D eigenvalue weighted by atomic mass is 10.1. The number of ether oxygens (including phenoxy) is 3. The van der Waals surface area contributed by atoms with E-state index in [2.05, 4.69) is 5.32 Å². The Balaban J connectivity index is 2.92. The molecule has 0 saturated heterocycles. The van der Waals surface area contributed by atoms with Crippen molar-refractivity contribution in [2.24, 2.45) is 0 Å². The van der Waals surface area contributed by atoms with Gasteiger partial charge in [-0.15, -0.1) is 0 Å². The van der Waals surface area contributed by atoms with Gasteiger partial charge in [0, 0.05) is 6.54 Å². The predicted molar refractivity (Wildman–Crippen MR) is 66.7 cm³/mol. The third kappa shape index (κ3) is 3.53. The average molecular weight is 237 g/mol. The van der Waals surface area contributed by atoms with E-state index in [1.54, 1.807) is 21.3 Å². The Hall–Kier alpha value is -1.42. The van der Waals surface area contributed by atoms with Gasteiger partial charge in [0.15, 0.2) is 11.5 Å². The molecule has 2 radical (unpaired) electrons. The molecule has 0 amide bonds. The molecule has 1 aromatic rings. The summed E-state index contributed by atoms with van der Waals surface area (Å²) in [6, 6.07) is 3.84. The maximum absolute atomic E-state index is 5.42. The van der Waals surface area contributed by atoms with Gasteiger partial charge in [0.25, 0.3) is 0 Å². The molecule has 4 heteroatoms. The fraction of sp³-hybridized carbons (Fsp3) is 0.462. The first-order valence-electron chi connectivity index (χ1n) is 5.46. The Morgan fingerprint density at radius 2 is 1.65 bits per heavy atom. The van der Waals surface area contributed by atoms with Gasteiger partial charge in [0.1, 0.15) is 0 Å². The number of hydrogen-bond donors (Lipinski definition) is 1. The standard InChI is InChI=1S/C13H19NO3/c1-5-6-14-9-10-7-11(15-2)13(17-4)12(8-10)16-3/h1,7-8,14H,5-6,9H2,2-4H3. The molecule has 0 aliphatic carbocycles. The Bertz CT molecular complexity index is 328. The second-order valence-electron chi connectivity index (χ2n) is 3.50. The number of methoxy groups -OCH3 is 3. The highest BCUT2D eigenvalue weighted by molar-refractivity contribution is 5.53. The summed E-state index contributed by atoms with van der Waals surface area (Å²) in [4.78, 5) is 0. The van der Waals surface area contributed by atoms with Crippen molar-refractivity contribution in [3.8, 4) is 17.2 Å². The molecule has 0 aliphatic rings. The molecule has 0 heterocycles. The zero-order valence-electron chi connectivity index (χ0n) is 10.6. The summed E-state index contributed by atoms with van der Waals surface area (Å²) in [6.07, 6.45) is 0.616. The Morgan fingerprint density at radius 1 is 1.06 bits per heavy atom. The largest absolute Gasteiger partial charge is 0.493 e. The van der Waals surface area contributed by atoms with Crippen LogP contribution in [0.5, 0.6) is 17.2 Å². The van der Waals surface area contributed by atoms with Crippen LogP contribution in [0.1, 0.15) is 12.0 Å². The van der Waals surface area contributed by atoms with Gasteiger partial charge in [-0.3, -0.25) is 0 Å². The van der Waals surface area contributed by atoms with Gasteiger partial charge >= 0.3 is 0 Å². The minimum atomic E-state index is 0.609. The lowest BCUT2D eigenvalue weighted by Crippen LogP contribution is -2.14. The quantitative estimate of drug-likeness (QED) is 0.735. The molecular formula is C13H19NO3. The highest BCUT2D eigenvalue weighted by Crippen LogP contribution is 2.38. The molecular weight excluding hydrogens is 218 g/mol. The highest BCUT2D eigenvalue weighted by atomic mass is 16.5. The smallest absolute Gasteiger partial charge is 0.203 e. The third-order valence-electron chi connectivity index (χ3n) is 2.37. The minimum absolute atomic E-state index is 0.609. The normalized spacial score (nSPS) is 10.1. The molecule has 0 fully saturated rings. The molecule has 0 atom stereocenters. The van der Waals surface area contributed by atoms with Crippen LogP contribution in [0.2, 0.25) is 0 Å². The van der Waals surface area contributed by atoms with Crippen molar-refractivity contribution in [3.05, 3.63) is 24.6 Å². The first-order valence-corrected chi connectivity index (χ1v) is 5.46. The van der Waals surface area contributed by atoms with Gasteiger partial charge in [0.2, 0.25) is 5.75 Å². The van der Waals surface area contributed by atoms with E-state index in [-0.39, 0.29) is 0 Å². The summed E-state index contributed by atoms with van der Waals surface area (Å²) in [6.45, 7) is 6.91. The van der Waals surface area contributed by atoms with Gasteiger partial charge in [-0.2, -0.15) is 0 Å². The fourth-order valence-corrected chi connectivity index (χ4v) is 1.57. The van der Waals surface area contributed by atoms with Crippen LogP contribution in [0.3, 0.4) is 0 Å². The third-order valence-corrected chi connectivity index (χ3v) is 2.37. The molecule has 0 bridgehead atoms. The minimum Gasteiger partial charge on any atom is -0.493 e. The van der Waals surface area contributed by atoms with Gasteiger partial charge in [0.05, 0.1) is 21.3 Å². The van der Waals surface area contributed by atoms with E-state index < -0.39 is 0 Å². The summed E-state index contributed by atoms with van der Waals surface area (Å²) in [7, 11) is 4.80. The van der Waals surface area contributed by atoms with Crippen molar-refractivity contribution in [2.45, 2.75) is 13.0 Å². The van der Waals surface area contributed by atoms with Crippen molar-refractivity contribution in [1.82, 2.24) is 5.32 Å². The van der Waals surface area contributed by atoms with E-state index >= 15 is 0 Å². The zero-order chi connectivity index (χ0) is 12.7. The van der Waals surface area contributed by atoms with Gasteiger partial charge < -0.3 is 19.5 Å². The number of hydrogen-bond acceptors (Lipinski definition) is 4. The van der Waals surface area contributed by atoms with Crippen molar-refractivity contribution >= 4 is 0 Å². The Kier molecular flexibility index (Phi) is 5.63. The second-order valence-corrected chi connectivity index (χ2v) is 3.50. The molecule has 17 heavy (non-hydrogen) atoms. The lowest BCUT2D eigenvalue weighted by Gasteiger charge is -2.14. The van der Waals surface area contributed by atoms with Crippen molar-refractivity contribution in [2.75, 3.05) is 27.9 Å². The van der Waals surface area contributed by atoms with Crippen LogP contribution < -0.4 is 19.5 Å². The number of rotatable bonds is 7. The Labute approximate surface area is 103 Å². The molecule has 1 N–H and O–H groups in total. The van der Waals surface area contributed by atoms with E-state index in [1.165, 1.54) is 0 Å². The zero-order valence-corrected chi connectivity index (χ0v) is 10.6. The van der Waals surface area contributed by atoms with Crippen molar-refractivity contribution in [3.63, 3.8) is 0 Å². The Morgan fingerprint density at radius 3 is 2.06 bits per heavy atom. The lowest BCUT2D eigenvalue weighted by molar-refractivity contribution is 0.323. The molecule has 1 rings (SSSR count). The van der Waals surface area contributed by atoms with E-state index in [1.807, 2.05) is 12.1 Å². The molecule has 0 aromatic heterocycles. The van der Waals surface area contributed by atoms with E-state index in [0.29, 0.717) is 30.2 Å². The molecule has 0 aliphatic heterocycles. The molecule has 1 aromatic carbocycles. The van der Waals surface area contributed by atoms with Crippen LogP contribution in [-0.2, 0) is 6.54 Å². The topological polar surface area (TPSA) is 39.7 Å². The average Bonchev–Trinajstić information content (AvgIpc) is 2.37. The molecule has 4 nitrogen and oxygen atoms in total.